The summed E-state index contributed by atoms with van der Waals surface area (Å²) in [5, 5.41) is 31.4. The van der Waals surface area contributed by atoms with Crippen LogP contribution in [0.5, 0.6) is 0 Å². The third kappa shape index (κ3) is 4.86. The summed E-state index contributed by atoms with van der Waals surface area (Å²) in [4.78, 5) is 3.71. The molecule has 0 aliphatic heterocycles. The van der Waals surface area contributed by atoms with Gasteiger partial charge in [0.05, 0.1) is 0 Å². The summed E-state index contributed by atoms with van der Waals surface area (Å²) in [5.74, 6) is 0. The topological polar surface area (TPSA) is 93.8 Å². The van der Waals surface area contributed by atoms with E-state index in [-0.39, 0.29) is 0 Å². The van der Waals surface area contributed by atoms with Gasteiger partial charge in [-0.3, -0.25) is 4.98 Å². The second-order valence-corrected chi connectivity index (χ2v) is 1.80. The van der Waals surface area contributed by atoms with Gasteiger partial charge in [0.15, 0.2) is 0 Å². The molecule has 0 saturated heterocycles. The smallest absolute Gasteiger partial charge is 0.430 e. The highest BCUT2D eigenvalue weighted by Crippen LogP contribution is 1.77. The highest BCUT2D eigenvalue weighted by atomic mass is 16.4. The molecule has 0 atom stereocenters. The van der Waals surface area contributed by atoms with E-state index in [4.69, 9.17) is 20.1 Å². The number of hydrogen-bond donors (Lipinski definition) is 4. The van der Waals surface area contributed by atoms with Crippen molar-refractivity contribution in [2.24, 2.45) is 0 Å². The standard InChI is InChI=1S/C5H6BNO2.BH3O2/c8-6(9)5-1-3-7-4-2-5;2-1-3/h1-4,8-9H;1-3H. The molecule has 0 radical (unpaired) electrons. The summed E-state index contributed by atoms with van der Waals surface area (Å²) in [6.07, 6.45) is 3.02. The Morgan fingerprint density at radius 2 is 1.58 bits per heavy atom. The fourth-order valence-electron chi connectivity index (χ4n) is 0.536. The van der Waals surface area contributed by atoms with E-state index in [1.807, 2.05) is 0 Å². The van der Waals surface area contributed by atoms with E-state index in [9.17, 15) is 0 Å². The maximum absolute atomic E-state index is 8.55. The molecule has 7 heteroatoms. The zero-order valence-electron chi connectivity index (χ0n) is 6.33. The van der Waals surface area contributed by atoms with Crippen molar-refractivity contribution in [3.8, 4) is 0 Å². The minimum atomic E-state index is -1.38. The first-order valence-corrected chi connectivity index (χ1v) is 3.20. The number of aromatic nitrogens is 1. The van der Waals surface area contributed by atoms with Crippen LogP contribution in [0.3, 0.4) is 0 Å². The zero-order chi connectivity index (χ0) is 9.40. The van der Waals surface area contributed by atoms with Gasteiger partial charge in [0, 0.05) is 12.4 Å². The van der Waals surface area contributed by atoms with E-state index in [1.54, 1.807) is 12.1 Å². The summed E-state index contributed by atoms with van der Waals surface area (Å²) in [5.41, 5.74) is 0.463. The molecule has 0 spiro atoms. The van der Waals surface area contributed by atoms with Crippen LogP contribution >= 0.6 is 0 Å². The predicted molar refractivity (Wildman–Crippen MR) is 45.6 cm³/mol. The van der Waals surface area contributed by atoms with Crippen molar-refractivity contribution in [3.05, 3.63) is 24.5 Å². The van der Waals surface area contributed by atoms with Crippen molar-refractivity contribution >= 4 is 20.3 Å². The van der Waals surface area contributed by atoms with Crippen molar-refractivity contribution in [2.75, 3.05) is 0 Å². The molecule has 0 unspecified atom stereocenters. The molecule has 5 nitrogen and oxygen atoms in total. The molecule has 12 heavy (non-hydrogen) atoms. The van der Waals surface area contributed by atoms with E-state index in [2.05, 4.69) is 4.98 Å². The first-order valence-electron chi connectivity index (χ1n) is 3.20. The van der Waals surface area contributed by atoms with Crippen LogP contribution in [-0.2, 0) is 0 Å². The van der Waals surface area contributed by atoms with E-state index in [0.717, 1.165) is 0 Å². The average molecular weight is 169 g/mol. The van der Waals surface area contributed by atoms with Gasteiger partial charge in [-0.05, 0) is 17.6 Å². The van der Waals surface area contributed by atoms with E-state index >= 15 is 0 Å². The van der Waals surface area contributed by atoms with E-state index in [0.29, 0.717) is 5.46 Å². The van der Waals surface area contributed by atoms with Gasteiger partial charge in [0.2, 0.25) is 0 Å². The van der Waals surface area contributed by atoms with Crippen LogP contribution < -0.4 is 5.46 Å². The third-order valence-electron chi connectivity index (χ3n) is 1.00. The molecule has 1 heterocycles. The second kappa shape index (κ2) is 6.81. The Kier molecular flexibility index (Phi) is 6.31. The summed E-state index contributed by atoms with van der Waals surface area (Å²) < 4.78 is 0. The first kappa shape index (κ1) is 11.1. The molecule has 0 saturated carbocycles. The Morgan fingerprint density at radius 1 is 1.17 bits per heavy atom. The molecule has 0 aromatic carbocycles. The quantitative estimate of drug-likeness (QED) is 0.336. The number of pyridine rings is 1. The lowest BCUT2D eigenvalue weighted by Gasteiger charge is -1.93. The fourth-order valence-corrected chi connectivity index (χ4v) is 0.536. The summed E-state index contributed by atoms with van der Waals surface area (Å²) in [7, 11) is -2.13. The van der Waals surface area contributed by atoms with Crippen molar-refractivity contribution in [1.29, 1.82) is 0 Å². The largest absolute Gasteiger partial charge is 0.488 e. The monoisotopic (exact) mass is 169 g/mol. The number of rotatable bonds is 1. The summed E-state index contributed by atoms with van der Waals surface area (Å²) >= 11 is 0. The lowest BCUT2D eigenvalue weighted by atomic mass is 9.81. The zero-order valence-corrected chi connectivity index (χ0v) is 6.33. The van der Waals surface area contributed by atoms with Crippen LogP contribution in [0.2, 0.25) is 0 Å². The van der Waals surface area contributed by atoms with Crippen LogP contribution in [0, 0.1) is 0 Å². The van der Waals surface area contributed by atoms with Crippen molar-refractivity contribution in [1.82, 2.24) is 4.98 Å². The summed E-state index contributed by atoms with van der Waals surface area (Å²) in [6, 6.07) is 3.09. The molecular weight excluding hydrogens is 160 g/mol. The predicted octanol–water partition coefficient (Wildman–Crippen LogP) is -3.00. The molecule has 0 amide bonds. The highest BCUT2D eigenvalue weighted by Gasteiger charge is 2.07. The number of hydrogen-bond acceptors (Lipinski definition) is 5. The van der Waals surface area contributed by atoms with Gasteiger partial charge in [-0.15, -0.1) is 0 Å². The minimum Gasteiger partial charge on any atom is -0.430 e. The van der Waals surface area contributed by atoms with Gasteiger partial charge in [0.25, 0.3) is 0 Å². The number of nitrogens with zero attached hydrogens (tertiary/aromatic N) is 1. The van der Waals surface area contributed by atoms with Crippen LogP contribution in [0.15, 0.2) is 24.5 Å². The maximum Gasteiger partial charge on any atom is 0.488 e. The van der Waals surface area contributed by atoms with Crippen LogP contribution in [0.1, 0.15) is 0 Å². The fraction of sp³-hybridized carbons (Fsp3) is 0. The normalized spacial score (nSPS) is 8.00. The van der Waals surface area contributed by atoms with Crippen LogP contribution in [-0.4, -0.2) is 39.9 Å². The Bertz CT molecular complexity index is 196. The molecule has 1 rings (SSSR count). The average Bonchev–Trinajstić information content (AvgIpc) is 2.07. The van der Waals surface area contributed by atoms with Gasteiger partial charge in [0.1, 0.15) is 0 Å². The van der Waals surface area contributed by atoms with Gasteiger partial charge in [-0.25, -0.2) is 0 Å². The van der Waals surface area contributed by atoms with Gasteiger partial charge >= 0.3 is 14.8 Å². The van der Waals surface area contributed by atoms with Crippen molar-refractivity contribution < 1.29 is 20.1 Å². The lowest BCUT2D eigenvalue weighted by molar-refractivity contribution is 0.425. The Balaban J connectivity index is 0.000000354. The molecule has 0 aliphatic carbocycles. The van der Waals surface area contributed by atoms with Gasteiger partial charge in [-0.2, -0.15) is 0 Å². The Morgan fingerprint density at radius 3 is 1.83 bits per heavy atom. The maximum atomic E-state index is 8.55. The molecule has 0 bridgehead atoms. The van der Waals surface area contributed by atoms with E-state index in [1.165, 1.54) is 12.4 Å². The molecule has 1 aromatic rings. The second-order valence-electron chi connectivity index (χ2n) is 1.80. The molecule has 64 valence electrons. The summed E-state index contributed by atoms with van der Waals surface area (Å²) in [6.45, 7) is 0. The molecular formula is C5H9B2NO4. The first-order chi connectivity index (χ1) is 5.72. The minimum absolute atomic E-state index is 0.463. The highest BCUT2D eigenvalue weighted by molar-refractivity contribution is 6.58. The van der Waals surface area contributed by atoms with Crippen molar-refractivity contribution in [3.63, 3.8) is 0 Å². The lowest BCUT2D eigenvalue weighted by Crippen LogP contribution is -2.29. The van der Waals surface area contributed by atoms with Crippen LogP contribution in [0.4, 0.5) is 0 Å². The van der Waals surface area contributed by atoms with Gasteiger partial charge in [-0.1, -0.05) is 0 Å². The van der Waals surface area contributed by atoms with Crippen LogP contribution in [0.25, 0.3) is 0 Å². The Hall–Kier alpha value is -0.880. The Labute approximate surface area is 70.8 Å². The SMILES string of the molecule is OB(O)c1ccncc1.OBO. The molecule has 4 N–H and O–H groups in total. The molecule has 0 aliphatic rings. The van der Waals surface area contributed by atoms with Crippen molar-refractivity contribution in [2.45, 2.75) is 0 Å². The molecule has 1 aromatic heterocycles. The van der Waals surface area contributed by atoms with Gasteiger partial charge < -0.3 is 20.1 Å². The van der Waals surface area contributed by atoms with E-state index < -0.39 is 14.8 Å². The molecule has 0 fully saturated rings. The third-order valence-corrected chi connectivity index (χ3v) is 1.00.